The lowest BCUT2D eigenvalue weighted by Crippen LogP contribution is -2.39. The number of anilines is 1. The molecule has 7 nitrogen and oxygen atoms in total. The van der Waals surface area contributed by atoms with Gasteiger partial charge in [0.25, 0.3) is 5.91 Å². The van der Waals surface area contributed by atoms with Crippen molar-refractivity contribution in [2.45, 2.75) is 13.3 Å². The Kier molecular flexibility index (Phi) is 7.00. The maximum Gasteiger partial charge on any atom is 0.316 e. The summed E-state index contributed by atoms with van der Waals surface area (Å²) in [6.45, 7) is 3.63. The number of carbonyl (C=O) groups is 2. The van der Waals surface area contributed by atoms with Gasteiger partial charge in [0.15, 0.2) is 0 Å². The van der Waals surface area contributed by atoms with Crippen molar-refractivity contribution < 1.29 is 9.59 Å². The van der Waals surface area contributed by atoms with E-state index in [-0.39, 0.29) is 11.9 Å². The molecule has 0 saturated heterocycles. The zero-order valence-corrected chi connectivity index (χ0v) is 12.8. The molecule has 0 aliphatic carbocycles. The van der Waals surface area contributed by atoms with Gasteiger partial charge in [-0.05, 0) is 18.6 Å². The van der Waals surface area contributed by atoms with Crippen LogP contribution in [0, 0.1) is 0 Å². The SMILES string of the molecule is CCCNc1cc(C(=O)NCCNC(=O)N(C)C)ccn1. The van der Waals surface area contributed by atoms with Crippen molar-refractivity contribution in [3.63, 3.8) is 0 Å². The van der Waals surface area contributed by atoms with Crippen LogP contribution in [0.5, 0.6) is 0 Å². The minimum atomic E-state index is -0.184. The van der Waals surface area contributed by atoms with Crippen LogP contribution < -0.4 is 16.0 Å². The number of urea groups is 1. The van der Waals surface area contributed by atoms with E-state index in [9.17, 15) is 9.59 Å². The fraction of sp³-hybridized carbons (Fsp3) is 0.500. The Morgan fingerprint density at radius 1 is 1.19 bits per heavy atom. The Morgan fingerprint density at radius 2 is 1.90 bits per heavy atom. The lowest BCUT2D eigenvalue weighted by molar-refractivity contribution is 0.0953. The monoisotopic (exact) mass is 293 g/mol. The van der Waals surface area contributed by atoms with Crippen molar-refractivity contribution in [1.29, 1.82) is 0 Å². The number of nitrogens with one attached hydrogen (secondary N) is 3. The van der Waals surface area contributed by atoms with Gasteiger partial charge < -0.3 is 20.9 Å². The van der Waals surface area contributed by atoms with Crippen LogP contribution in [-0.4, -0.2) is 55.6 Å². The van der Waals surface area contributed by atoms with Crippen LogP contribution in [0.15, 0.2) is 18.3 Å². The molecule has 0 aliphatic rings. The van der Waals surface area contributed by atoms with E-state index in [0.29, 0.717) is 24.5 Å². The zero-order valence-electron chi connectivity index (χ0n) is 12.8. The van der Waals surface area contributed by atoms with Crippen molar-refractivity contribution in [3.8, 4) is 0 Å². The fourth-order valence-corrected chi connectivity index (χ4v) is 1.53. The highest BCUT2D eigenvalue weighted by molar-refractivity contribution is 5.94. The van der Waals surface area contributed by atoms with Gasteiger partial charge in [-0.25, -0.2) is 9.78 Å². The summed E-state index contributed by atoms with van der Waals surface area (Å²) in [4.78, 5) is 28.8. The normalized spacial score (nSPS) is 9.86. The molecular formula is C14H23N5O2. The molecule has 1 heterocycles. The van der Waals surface area contributed by atoms with Crippen LogP contribution in [-0.2, 0) is 0 Å². The number of pyridine rings is 1. The van der Waals surface area contributed by atoms with Gasteiger partial charge in [0.05, 0.1) is 0 Å². The Balaban J connectivity index is 2.39. The smallest absolute Gasteiger partial charge is 0.316 e. The molecule has 1 aromatic heterocycles. The summed E-state index contributed by atoms with van der Waals surface area (Å²) < 4.78 is 0. The maximum atomic E-state index is 12.0. The van der Waals surface area contributed by atoms with Gasteiger partial charge in [0, 0.05) is 45.5 Å². The Morgan fingerprint density at radius 3 is 2.57 bits per heavy atom. The van der Waals surface area contributed by atoms with E-state index in [2.05, 4.69) is 27.9 Å². The molecule has 0 unspecified atom stereocenters. The second-order valence-electron chi connectivity index (χ2n) is 4.74. The molecule has 0 saturated carbocycles. The summed E-state index contributed by atoms with van der Waals surface area (Å²) in [5.41, 5.74) is 0.544. The van der Waals surface area contributed by atoms with Gasteiger partial charge in [-0.15, -0.1) is 0 Å². The molecule has 1 aromatic rings. The summed E-state index contributed by atoms with van der Waals surface area (Å²) in [5, 5.41) is 8.56. The first-order valence-corrected chi connectivity index (χ1v) is 6.98. The summed E-state index contributed by atoms with van der Waals surface area (Å²) in [7, 11) is 3.32. The number of amides is 3. The molecule has 0 aromatic carbocycles. The maximum absolute atomic E-state index is 12.0. The quantitative estimate of drug-likeness (QED) is 0.652. The molecule has 0 atom stereocenters. The lowest BCUT2D eigenvalue weighted by Gasteiger charge is -2.12. The molecule has 0 bridgehead atoms. The molecular weight excluding hydrogens is 270 g/mol. The van der Waals surface area contributed by atoms with Gasteiger partial charge >= 0.3 is 6.03 Å². The van der Waals surface area contributed by atoms with Crippen molar-refractivity contribution in [1.82, 2.24) is 20.5 Å². The van der Waals surface area contributed by atoms with E-state index in [1.165, 1.54) is 4.90 Å². The van der Waals surface area contributed by atoms with Crippen molar-refractivity contribution >= 4 is 17.8 Å². The number of aromatic nitrogens is 1. The minimum absolute atomic E-state index is 0.181. The van der Waals surface area contributed by atoms with E-state index in [0.717, 1.165) is 13.0 Å². The highest BCUT2D eigenvalue weighted by Crippen LogP contribution is 2.06. The second kappa shape index (κ2) is 8.78. The van der Waals surface area contributed by atoms with E-state index >= 15 is 0 Å². The molecule has 116 valence electrons. The zero-order chi connectivity index (χ0) is 15.7. The first kappa shape index (κ1) is 16.7. The number of rotatable bonds is 7. The molecule has 0 aliphatic heterocycles. The number of nitrogens with zero attached hydrogens (tertiary/aromatic N) is 2. The van der Waals surface area contributed by atoms with Gasteiger partial charge in [0.2, 0.25) is 0 Å². The second-order valence-corrected chi connectivity index (χ2v) is 4.74. The molecule has 0 fully saturated rings. The topological polar surface area (TPSA) is 86.4 Å². The number of carbonyl (C=O) groups excluding carboxylic acids is 2. The van der Waals surface area contributed by atoms with Crippen LogP contribution >= 0.6 is 0 Å². The van der Waals surface area contributed by atoms with Gasteiger partial charge in [0.1, 0.15) is 5.82 Å². The van der Waals surface area contributed by atoms with Crippen LogP contribution in [0.1, 0.15) is 23.7 Å². The predicted molar refractivity (Wildman–Crippen MR) is 82.4 cm³/mol. The fourth-order valence-electron chi connectivity index (χ4n) is 1.53. The molecule has 7 heteroatoms. The summed E-state index contributed by atoms with van der Waals surface area (Å²) in [6.07, 6.45) is 2.59. The van der Waals surface area contributed by atoms with E-state index in [1.807, 2.05) is 0 Å². The van der Waals surface area contributed by atoms with E-state index < -0.39 is 0 Å². The third-order valence-electron chi connectivity index (χ3n) is 2.67. The standard InChI is InChI=1S/C14H23N5O2/c1-4-6-15-12-10-11(5-7-16-12)13(20)17-8-9-18-14(21)19(2)3/h5,7,10H,4,6,8-9H2,1-3H3,(H,15,16)(H,17,20)(H,18,21). The van der Waals surface area contributed by atoms with Crippen LogP contribution in [0.4, 0.5) is 10.6 Å². The molecule has 0 spiro atoms. The molecule has 21 heavy (non-hydrogen) atoms. The highest BCUT2D eigenvalue weighted by atomic mass is 16.2. The Labute approximate surface area is 125 Å². The molecule has 0 radical (unpaired) electrons. The largest absolute Gasteiger partial charge is 0.370 e. The third kappa shape index (κ3) is 6.11. The average molecular weight is 293 g/mol. The summed E-state index contributed by atoms with van der Waals surface area (Å²) in [5.74, 6) is 0.501. The van der Waals surface area contributed by atoms with Crippen molar-refractivity contribution in [2.24, 2.45) is 0 Å². The predicted octanol–water partition coefficient (Wildman–Crippen LogP) is 0.904. The van der Waals surface area contributed by atoms with Crippen LogP contribution in [0.3, 0.4) is 0 Å². The molecule has 3 N–H and O–H groups in total. The van der Waals surface area contributed by atoms with Crippen LogP contribution in [0.25, 0.3) is 0 Å². The number of hydrogen-bond acceptors (Lipinski definition) is 4. The van der Waals surface area contributed by atoms with Crippen molar-refractivity contribution in [3.05, 3.63) is 23.9 Å². The van der Waals surface area contributed by atoms with E-state index in [1.54, 1.807) is 32.4 Å². The average Bonchev–Trinajstić information content (AvgIpc) is 2.49. The molecule has 1 rings (SSSR count). The first-order valence-electron chi connectivity index (χ1n) is 6.98. The Bertz CT molecular complexity index is 476. The van der Waals surface area contributed by atoms with Gasteiger partial charge in [-0.3, -0.25) is 4.79 Å². The lowest BCUT2D eigenvalue weighted by atomic mass is 10.2. The van der Waals surface area contributed by atoms with Crippen LogP contribution in [0.2, 0.25) is 0 Å². The van der Waals surface area contributed by atoms with E-state index in [4.69, 9.17) is 0 Å². The first-order chi connectivity index (χ1) is 10.0. The third-order valence-corrected chi connectivity index (χ3v) is 2.67. The molecule has 3 amide bonds. The summed E-state index contributed by atoms with van der Waals surface area (Å²) in [6, 6.07) is 3.19. The number of hydrogen-bond donors (Lipinski definition) is 3. The van der Waals surface area contributed by atoms with Gasteiger partial charge in [-0.1, -0.05) is 6.92 Å². The minimum Gasteiger partial charge on any atom is -0.370 e. The van der Waals surface area contributed by atoms with Crippen molar-refractivity contribution in [2.75, 3.05) is 39.0 Å². The summed E-state index contributed by atoms with van der Waals surface area (Å²) >= 11 is 0. The highest BCUT2D eigenvalue weighted by Gasteiger charge is 2.07. The Hall–Kier alpha value is -2.31. The van der Waals surface area contributed by atoms with Gasteiger partial charge in [-0.2, -0.15) is 0 Å².